The number of hydrogen-bond donors (Lipinski definition) is 2. The van der Waals surface area contributed by atoms with Crippen LogP contribution in [0.15, 0.2) is 35.7 Å². The van der Waals surface area contributed by atoms with Gasteiger partial charge in [0.15, 0.2) is 5.82 Å². The lowest BCUT2D eigenvalue weighted by atomic mass is 10.2. The predicted molar refractivity (Wildman–Crippen MR) is 109 cm³/mol. The number of hydrogen-bond acceptors (Lipinski definition) is 5. The van der Waals surface area contributed by atoms with Gasteiger partial charge in [-0.3, -0.25) is 4.79 Å². The van der Waals surface area contributed by atoms with Gasteiger partial charge in [0.25, 0.3) is 0 Å². The van der Waals surface area contributed by atoms with Gasteiger partial charge in [0.1, 0.15) is 5.82 Å². The van der Waals surface area contributed by atoms with E-state index in [4.69, 9.17) is 11.6 Å². The molecule has 2 aromatic heterocycles. The van der Waals surface area contributed by atoms with E-state index in [1.165, 1.54) is 0 Å². The van der Waals surface area contributed by atoms with Crippen LogP contribution in [0.2, 0.25) is 5.02 Å². The summed E-state index contributed by atoms with van der Waals surface area (Å²) in [5.74, 6) is 1.84. The topological polar surface area (TPSA) is 66.9 Å². The Morgan fingerprint density at radius 1 is 1.27 bits per heavy atom. The van der Waals surface area contributed by atoms with Crippen LogP contribution in [0.25, 0.3) is 21.6 Å². The quantitative estimate of drug-likeness (QED) is 0.621. The maximum absolute atomic E-state index is 11.9. The van der Waals surface area contributed by atoms with Gasteiger partial charge in [0.05, 0.1) is 10.4 Å². The fraction of sp³-hybridized carbons (Fsp3) is 0.316. The first kappa shape index (κ1) is 18.6. The highest BCUT2D eigenvalue weighted by molar-refractivity contribution is 7.13. The van der Waals surface area contributed by atoms with Gasteiger partial charge < -0.3 is 10.6 Å². The van der Waals surface area contributed by atoms with Crippen LogP contribution in [0.1, 0.15) is 20.3 Å². The number of benzene rings is 1. The van der Waals surface area contributed by atoms with Gasteiger partial charge in [-0.05, 0) is 35.6 Å². The van der Waals surface area contributed by atoms with Gasteiger partial charge >= 0.3 is 0 Å². The zero-order valence-electron chi connectivity index (χ0n) is 14.8. The highest BCUT2D eigenvalue weighted by Crippen LogP contribution is 2.28. The van der Waals surface area contributed by atoms with Crippen molar-refractivity contribution in [3.05, 3.63) is 40.7 Å². The molecular weight excluding hydrogens is 368 g/mol. The number of halogens is 1. The number of thiophene rings is 1. The minimum atomic E-state index is 0.0334. The molecule has 0 aliphatic carbocycles. The van der Waals surface area contributed by atoms with Gasteiger partial charge in [0.2, 0.25) is 5.91 Å². The van der Waals surface area contributed by atoms with Crippen molar-refractivity contribution in [2.45, 2.75) is 20.3 Å². The molecule has 136 valence electrons. The van der Waals surface area contributed by atoms with Crippen molar-refractivity contribution < 1.29 is 4.79 Å². The van der Waals surface area contributed by atoms with Crippen LogP contribution in [0.4, 0.5) is 5.82 Å². The van der Waals surface area contributed by atoms with E-state index in [9.17, 15) is 4.79 Å². The van der Waals surface area contributed by atoms with Crippen LogP contribution >= 0.6 is 22.9 Å². The number of anilines is 1. The van der Waals surface area contributed by atoms with Crippen LogP contribution in [0, 0.1) is 5.92 Å². The molecule has 0 atom stereocenters. The lowest BCUT2D eigenvalue weighted by Gasteiger charge is -2.11. The van der Waals surface area contributed by atoms with E-state index in [1.807, 2.05) is 35.7 Å². The molecule has 7 heteroatoms. The standard InChI is InChI=1S/C19H21ClN4OS/c1-12(2)11-22-17(25)7-8-21-18-14-6-5-13(20)10-15(14)23-19(24-18)16-4-3-9-26-16/h3-6,9-10,12H,7-8,11H2,1-2H3,(H,22,25)(H,21,23,24). The first-order valence-electron chi connectivity index (χ1n) is 8.54. The van der Waals surface area contributed by atoms with Crippen molar-refractivity contribution >= 4 is 45.6 Å². The molecule has 0 saturated heterocycles. The minimum Gasteiger partial charge on any atom is -0.369 e. The number of nitrogens with one attached hydrogen (secondary N) is 2. The number of nitrogens with zero attached hydrogens (tertiary/aromatic N) is 2. The molecule has 1 aromatic carbocycles. The van der Waals surface area contributed by atoms with Crippen LogP contribution in [0.3, 0.4) is 0 Å². The molecule has 0 saturated carbocycles. The molecule has 3 rings (SSSR count). The van der Waals surface area contributed by atoms with E-state index < -0.39 is 0 Å². The molecule has 0 aliphatic heterocycles. The summed E-state index contributed by atoms with van der Waals surface area (Å²) in [5, 5.41) is 9.71. The van der Waals surface area contributed by atoms with Crippen molar-refractivity contribution in [3.63, 3.8) is 0 Å². The zero-order chi connectivity index (χ0) is 18.5. The van der Waals surface area contributed by atoms with Gasteiger partial charge in [-0.1, -0.05) is 31.5 Å². The Labute approximate surface area is 161 Å². The van der Waals surface area contributed by atoms with Crippen molar-refractivity contribution in [3.8, 4) is 10.7 Å². The third kappa shape index (κ3) is 4.71. The van der Waals surface area contributed by atoms with Gasteiger partial charge in [-0.25, -0.2) is 9.97 Å². The number of fused-ring (bicyclic) bond motifs is 1. The van der Waals surface area contributed by atoms with Crippen LogP contribution in [0.5, 0.6) is 0 Å². The smallest absolute Gasteiger partial charge is 0.221 e. The normalized spacial score (nSPS) is 11.1. The molecule has 26 heavy (non-hydrogen) atoms. The predicted octanol–water partition coefficient (Wildman–Crippen LogP) is 4.59. The fourth-order valence-electron chi connectivity index (χ4n) is 2.45. The molecule has 2 heterocycles. The van der Waals surface area contributed by atoms with E-state index in [0.29, 0.717) is 42.1 Å². The van der Waals surface area contributed by atoms with Crippen LogP contribution < -0.4 is 10.6 Å². The van der Waals surface area contributed by atoms with Crippen molar-refractivity contribution in [2.24, 2.45) is 5.92 Å². The van der Waals surface area contributed by atoms with Crippen LogP contribution in [-0.2, 0) is 4.79 Å². The second kappa shape index (κ2) is 8.47. The molecule has 0 radical (unpaired) electrons. The van der Waals surface area contributed by atoms with E-state index in [-0.39, 0.29) is 5.91 Å². The third-order valence-corrected chi connectivity index (χ3v) is 4.85. The molecule has 0 fully saturated rings. The summed E-state index contributed by atoms with van der Waals surface area (Å²) in [5.41, 5.74) is 0.780. The Balaban J connectivity index is 1.79. The molecule has 0 bridgehead atoms. The molecule has 0 unspecified atom stereocenters. The highest BCUT2D eigenvalue weighted by Gasteiger charge is 2.11. The summed E-state index contributed by atoms with van der Waals surface area (Å²) < 4.78 is 0. The number of rotatable bonds is 7. The second-order valence-corrected chi connectivity index (χ2v) is 7.79. The number of carbonyl (C=O) groups excluding carboxylic acids is 1. The van der Waals surface area contributed by atoms with E-state index in [1.54, 1.807) is 11.3 Å². The van der Waals surface area contributed by atoms with Gasteiger partial charge in [0, 0.05) is 29.9 Å². The lowest BCUT2D eigenvalue weighted by molar-refractivity contribution is -0.120. The van der Waals surface area contributed by atoms with E-state index in [2.05, 4.69) is 34.4 Å². The largest absolute Gasteiger partial charge is 0.369 e. The van der Waals surface area contributed by atoms with Crippen LogP contribution in [-0.4, -0.2) is 29.0 Å². The second-order valence-electron chi connectivity index (χ2n) is 6.41. The summed E-state index contributed by atoms with van der Waals surface area (Å²) in [7, 11) is 0. The molecule has 1 amide bonds. The Bertz CT molecular complexity index is 896. The summed E-state index contributed by atoms with van der Waals surface area (Å²) in [4.78, 5) is 22.2. The molecular formula is C19H21ClN4OS. The third-order valence-electron chi connectivity index (χ3n) is 3.75. The average molecular weight is 389 g/mol. The maximum Gasteiger partial charge on any atom is 0.221 e. The van der Waals surface area contributed by atoms with Gasteiger partial charge in [-0.15, -0.1) is 11.3 Å². The Kier molecular flexibility index (Phi) is 6.06. The molecule has 2 N–H and O–H groups in total. The SMILES string of the molecule is CC(C)CNC(=O)CCNc1nc(-c2cccs2)nc2cc(Cl)ccc12. The summed E-state index contributed by atoms with van der Waals surface area (Å²) in [6.45, 7) is 5.34. The van der Waals surface area contributed by atoms with Crippen molar-refractivity contribution in [1.29, 1.82) is 0 Å². The van der Waals surface area contributed by atoms with E-state index >= 15 is 0 Å². The fourth-order valence-corrected chi connectivity index (χ4v) is 3.28. The molecule has 5 nitrogen and oxygen atoms in total. The zero-order valence-corrected chi connectivity index (χ0v) is 16.3. The first-order chi connectivity index (χ1) is 12.5. The number of aromatic nitrogens is 2. The highest BCUT2D eigenvalue weighted by atomic mass is 35.5. The minimum absolute atomic E-state index is 0.0334. The Hall–Kier alpha value is -2.18. The van der Waals surface area contributed by atoms with Gasteiger partial charge in [-0.2, -0.15) is 0 Å². The number of amides is 1. The van der Waals surface area contributed by atoms with Crippen molar-refractivity contribution in [1.82, 2.24) is 15.3 Å². The molecule has 0 aliphatic rings. The maximum atomic E-state index is 11.9. The number of carbonyl (C=O) groups is 1. The monoisotopic (exact) mass is 388 g/mol. The Morgan fingerprint density at radius 3 is 2.85 bits per heavy atom. The molecule has 0 spiro atoms. The Morgan fingerprint density at radius 2 is 2.12 bits per heavy atom. The average Bonchev–Trinajstić information content (AvgIpc) is 3.14. The van der Waals surface area contributed by atoms with E-state index in [0.717, 1.165) is 15.8 Å². The summed E-state index contributed by atoms with van der Waals surface area (Å²) in [6, 6.07) is 9.50. The summed E-state index contributed by atoms with van der Waals surface area (Å²) in [6.07, 6.45) is 0.389. The molecule has 3 aromatic rings. The lowest BCUT2D eigenvalue weighted by Crippen LogP contribution is -2.28. The summed E-state index contributed by atoms with van der Waals surface area (Å²) >= 11 is 7.71. The first-order valence-corrected chi connectivity index (χ1v) is 9.80. The van der Waals surface area contributed by atoms with Crippen molar-refractivity contribution in [2.75, 3.05) is 18.4 Å².